The van der Waals surface area contributed by atoms with Gasteiger partial charge in [-0.1, -0.05) is 29.8 Å². The number of carbonyl (C=O) groups is 2. The summed E-state index contributed by atoms with van der Waals surface area (Å²) < 4.78 is 1.66. The Morgan fingerprint density at radius 3 is 2.57 bits per heavy atom. The van der Waals surface area contributed by atoms with E-state index in [-0.39, 0.29) is 5.69 Å². The molecule has 2 amide bonds. The maximum absolute atomic E-state index is 12.5. The van der Waals surface area contributed by atoms with E-state index in [1.807, 2.05) is 18.2 Å². The van der Waals surface area contributed by atoms with Gasteiger partial charge in [-0.2, -0.15) is 0 Å². The van der Waals surface area contributed by atoms with Crippen LogP contribution in [0.1, 0.15) is 26.7 Å². The Bertz CT molecular complexity index is 1180. The van der Waals surface area contributed by atoms with Crippen LogP contribution in [0.25, 0.3) is 16.2 Å². The Labute approximate surface area is 169 Å². The number of fused-ring (bicyclic) bond motifs is 1. The molecular formula is C19H14ClN5O2S. The number of nitrogens with zero attached hydrogens (tertiary/aromatic N) is 3. The summed E-state index contributed by atoms with van der Waals surface area (Å²) in [6.07, 6.45) is 1.74. The third-order valence-corrected chi connectivity index (χ3v) is 5.18. The Kier molecular flexibility index (Phi) is 4.81. The van der Waals surface area contributed by atoms with Gasteiger partial charge in [0.2, 0.25) is 0 Å². The third kappa shape index (κ3) is 3.47. The summed E-state index contributed by atoms with van der Waals surface area (Å²) in [6, 6.07) is 12.6. The van der Waals surface area contributed by atoms with Gasteiger partial charge in [0.05, 0.1) is 5.69 Å². The van der Waals surface area contributed by atoms with E-state index in [2.05, 4.69) is 20.8 Å². The second kappa shape index (κ2) is 7.41. The van der Waals surface area contributed by atoms with Crippen molar-refractivity contribution < 1.29 is 9.59 Å². The minimum absolute atomic E-state index is 0.213. The van der Waals surface area contributed by atoms with Gasteiger partial charge in [-0.3, -0.25) is 24.8 Å². The van der Waals surface area contributed by atoms with Gasteiger partial charge in [0.25, 0.3) is 11.8 Å². The molecule has 0 fully saturated rings. The average molecular weight is 412 g/mol. The summed E-state index contributed by atoms with van der Waals surface area (Å²) in [7, 11) is 0. The molecule has 0 atom stereocenters. The van der Waals surface area contributed by atoms with Crippen molar-refractivity contribution in [3.05, 3.63) is 76.1 Å². The van der Waals surface area contributed by atoms with Crippen LogP contribution >= 0.6 is 22.9 Å². The lowest BCUT2D eigenvalue weighted by molar-refractivity contribution is 0.0840. The van der Waals surface area contributed by atoms with Crippen LogP contribution in [0.15, 0.2) is 54.0 Å². The molecule has 1 aromatic carbocycles. The number of benzene rings is 1. The molecule has 0 radical (unpaired) electrons. The molecule has 9 heteroatoms. The highest BCUT2D eigenvalue weighted by Crippen LogP contribution is 2.25. The van der Waals surface area contributed by atoms with Gasteiger partial charge < -0.3 is 0 Å². The zero-order valence-corrected chi connectivity index (χ0v) is 16.2. The zero-order valence-electron chi connectivity index (χ0n) is 14.6. The summed E-state index contributed by atoms with van der Waals surface area (Å²) in [5.74, 6) is -0.964. The fourth-order valence-corrected chi connectivity index (χ4v) is 3.66. The Balaban J connectivity index is 1.46. The lowest BCUT2D eigenvalue weighted by Crippen LogP contribution is -2.42. The first kappa shape index (κ1) is 18.1. The molecule has 4 rings (SSSR count). The van der Waals surface area contributed by atoms with Crippen LogP contribution in [-0.4, -0.2) is 26.2 Å². The molecular weight excluding hydrogens is 398 g/mol. The minimum atomic E-state index is -0.503. The van der Waals surface area contributed by atoms with E-state index in [0.717, 1.165) is 5.56 Å². The molecule has 2 N–H and O–H groups in total. The smallest absolute Gasteiger partial charge is 0.289 e. The van der Waals surface area contributed by atoms with Gasteiger partial charge in [0, 0.05) is 22.2 Å². The van der Waals surface area contributed by atoms with Crippen molar-refractivity contribution >= 4 is 40.4 Å². The van der Waals surface area contributed by atoms with Gasteiger partial charge in [-0.25, -0.2) is 9.97 Å². The van der Waals surface area contributed by atoms with Crippen LogP contribution in [0.5, 0.6) is 0 Å². The summed E-state index contributed by atoms with van der Waals surface area (Å²) in [5, 5.41) is 2.94. The first-order chi connectivity index (χ1) is 13.5. The number of nitrogens with one attached hydrogen (secondary N) is 2. The minimum Gasteiger partial charge on any atom is -0.295 e. The number of hydrogen-bond donors (Lipinski definition) is 2. The Hall–Kier alpha value is -3.23. The van der Waals surface area contributed by atoms with E-state index in [1.165, 1.54) is 11.3 Å². The van der Waals surface area contributed by atoms with Crippen molar-refractivity contribution in [3.63, 3.8) is 0 Å². The molecule has 0 saturated carbocycles. The van der Waals surface area contributed by atoms with E-state index < -0.39 is 11.8 Å². The van der Waals surface area contributed by atoms with Gasteiger partial charge >= 0.3 is 0 Å². The predicted octanol–water partition coefficient (Wildman–Crippen LogP) is 3.49. The predicted molar refractivity (Wildman–Crippen MR) is 107 cm³/mol. The number of aromatic nitrogens is 3. The van der Waals surface area contributed by atoms with Crippen LogP contribution < -0.4 is 10.9 Å². The van der Waals surface area contributed by atoms with E-state index in [1.54, 1.807) is 47.2 Å². The summed E-state index contributed by atoms with van der Waals surface area (Å²) >= 11 is 7.22. The van der Waals surface area contributed by atoms with Crippen LogP contribution in [0.4, 0.5) is 0 Å². The van der Waals surface area contributed by atoms with Crippen LogP contribution in [0.3, 0.4) is 0 Å². The fourth-order valence-electron chi connectivity index (χ4n) is 2.73. The first-order valence-electron chi connectivity index (χ1n) is 8.29. The van der Waals surface area contributed by atoms with Crippen molar-refractivity contribution in [2.45, 2.75) is 6.92 Å². The lowest BCUT2D eigenvalue weighted by atomic mass is 10.2. The monoisotopic (exact) mass is 411 g/mol. The number of halogens is 1. The molecule has 0 aliphatic rings. The molecule has 4 aromatic rings. The van der Waals surface area contributed by atoms with Gasteiger partial charge in [0.15, 0.2) is 0 Å². The first-order valence-corrected chi connectivity index (χ1v) is 9.54. The number of amides is 2. The molecule has 28 heavy (non-hydrogen) atoms. The lowest BCUT2D eigenvalue weighted by Gasteiger charge is -2.06. The third-order valence-electron chi connectivity index (χ3n) is 4.04. The summed E-state index contributed by atoms with van der Waals surface area (Å²) in [4.78, 5) is 33.5. The van der Waals surface area contributed by atoms with Crippen LogP contribution in [0, 0.1) is 6.92 Å². The van der Waals surface area contributed by atoms with E-state index >= 15 is 0 Å². The van der Waals surface area contributed by atoms with Crippen molar-refractivity contribution in [3.8, 4) is 10.6 Å². The van der Waals surface area contributed by atoms with Crippen molar-refractivity contribution in [2.24, 2.45) is 0 Å². The SMILES string of the molecule is Cc1nc2ccccn2c1C(=O)NNC(=O)c1csc(-c2ccc(Cl)cc2)n1. The number of hydrogen-bond acceptors (Lipinski definition) is 5. The molecule has 0 bridgehead atoms. The molecule has 7 nitrogen and oxygen atoms in total. The largest absolute Gasteiger partial charge is 0.295 e. The molecule has 0 unspecified atom stereocenters. The van der Waals surface area contributed by atoms with E-state index in [9.17, 15) is 9.59 Å². The quantitative estimate of drug-likeness (QED) is 0.505. The molecule has 0 aliphatic heterocycles. The van der Waals surface area contributed by atoms with Crippen molar-refractivity contribution in [1.82, 2.24) is 25.2 Å². The normalized spacial score (nSPS) is 10.8. The highest BCUT2D eigenvalue weighted by atomic mass is 35.5. The van der Waals surface area contributed by atoms with E-state index in [0.29, 0.717) is 27.1 Å². The average Bonchev–Trinajstić information content (AvgIpc) is 3.30. The van der Waals surface area contributed by atoms with E-state index in [4.69, 9.17) is 11.6 Å². The number of aryl methyl sites for hydroxylation is 1. The van der Waals surface area contributed by atoms with Crippen molar-refractivity contribution in [1.29, 1.82) is 0 Å². The Morgan fingerprint density at radius 1 is 1.04 bits per heavy atom. The zero-order chi connectivity index (χ0) is 19.7. The van der Waals surface area contributed by atoms with Crippen molar-refractivity contribution in [2.75, 3.05) is 0 Å². The summed E-state index contributed by atoms with van der Waals surface area (Å²) in [5.41, 5.74) is 7.47. The molecule has 0 saturated heterocycles. The Morgan fingerprint density at radius 2 is 1.79 bits per heavy atom. The maximum atomic E-state index is 12.5. The van der Waals surface area contributed by atoms with Crippen LogP contribution in [-0.2, 0) is 0 Å². The topological polar surface area (TPSA) is 88.4 Å². The number of pyridine rings is 1. The number of carbonyl (C=O) groups excluding carboxylic acids is 2. The van der Waals surface area contributed by atoms with Gasteiger partial charge in [-0.15, -0.1) is 11.3 Å². The number of thiazole rings is 1. The molecule has 140 valence electrons. The number of rotatable bonds is 3. The number of imidazole rings is 1. The maximum Gasteiger partial charge on any atom is 0.289 e. The second-order valence-electron chi connectivity index (χ2n) is 5.93. The highest BCUT2D eigenvalue weighted by Gasteiger charge is 2.18. The highest BCUT2D eigenvalue weighted by molar-refractivity contribution is 7.13. The number of hydrazine groups is 1. The van der Waals surface area contributed by atoms with Gasteiger partial charge in [0.1, 0.15) is 22.0 Å². The molecule has 0 aliphatic carbocycles. The molecule has 0 spiro atoms. The fraction of sp³-hybridized carbons (Fsp3) is 0.0526. The molecule has 3 aromatic heterocycles. The van der Waals surface area contributed by atoms with Gasteiger partial charge in [-0.05, 0) is 31.2 Å². The molecule has 3 heterocycles. The van der Waals surface area contributed by atoms with Crippen LogP contribution in [0.2, 0.25) is 5.02 Å². The second-order valence-corrected chi connectivity index (χ2v) is 7.22. The standard InChI is InChI=1S/C19H14ClN5O2S/c1-11-16(25-9-3-2-4-15(25)21-11)18(27)24-23-17(26)14-10-28-19(22-14)12-5-7-13(20)8-6-12/h2-10H,1H3,(H,23,26)(H,24,27). The summed E-state index contributed by atoms with van der Waals surface area (Å²) in [6.45, 7) is 1.74.